The van der Waals surface area contributed by atoms with Gasteiger partial charge in [-0.3, -0.25) is 4.79 Å². The largest absolute Gasteiger partial charge is 0.381 e. The first kappa shape index (κ1) is 18.4. The van der Waals surface area contributed by atoms with Gasteiger partial charge in [-0.05, 0) is 25.7 Å². The molecule has 0 aliphatic carbocycles. The minimum absolute atomic E-state index is 0.0200. The molecule has 0 radical (unpaired) electrons. The fourth-order valence-electron chi connectivity index (χ4n) is 2.40. The Morgan fingerprint density at radius 3 is 2.05 bits per heavy atom. The Labute approximate surface area is 119 Å². The average Bonchev–Trinajstić information content (AvgIpc) is 2.43. The second kappa shape index (κ2) is 9.35. The third kappa shape index (κ3) is 5.52. The zero-order valence-electron chi connectivity index (χ0n) is 13.9. The maximum Gasteiger partial charge on any atom is 0.228 e. The molecule has 0 fully saturated rings. The van der Waals surface area contributed by atoms with E-state index in [2.05, 4.69) is 34.6 Å². The van der Waals surface area contributed by atoms with Gasteiger partial charge in [-0.1, -0.05) is 40.5 Å². The minimum Gasteiger partial charge on any atom is -0.381 e. The van der Waals surface area contributed by atoms with Crippen LogP contribution < -0.4 is 0 Å². The first-order valence-electron chi connectivity index (χ1n) is 7.74. The predicted molar refractivity (Wildman–Crippen MR) is 81.1 cm³/mol. The lowest BCUT2D eigenvalue weighted by atomic mass is 9.86. The summed E-state index contributed by atoms with van der Waals surface area (Å²) in [6, 6.07) is 0. The second-order valence-corrected chi connectivity index (χ2v) is 5.74. The summed E-state index contributed by atoms with van der Waals surface area (Å²) in [4.78, 5) is 14.8. The Balaban J connectivity index is 4.93. The van der Waals surface area contributed by atoms with Crippen molar-refractivity contribution in [2.45, 2.75) is 60.5 Å². The molecule has 0 bridgehead atoms. The molecule has 4 atom stereocenters. The maximum absolute atomic E-state index is 12.8. The topological polar surface area (TPSA) is 29.5 Å². The predicted octanol–water partition coefficient (Wildman–Crippen LogP) is 3.58. The lowest BCUT2D eigenvalue weighted by Crippen LogP contribution is -2.45. The highest BCUT2D eigenvalue weighted by Gasteiger charge is 2.32. The number of hydrogen-bond donors (Lipinski definition) is 0. The van der Waals surface area contributed by atoms with Gasteiger partial charge in [-0.2, -0.15) is 0 Å². The molecule has 0 spiro atoms. The molecule has 3 nitrogen and oxygen atoms in total. The summed E-state index contributed by atoms with van der Waals surface area (Å²) in [7, 11) is 1.69. The number of hydrogen-bond acceptors (Lipinski definition) is 2. The molecule has 0 aromatic heterocycles. The Morgan fingerprint density at radius 2 is 1.68 bits per heavy atom. The molecule has 4 unspecified atom stereocenters. The van der Waals surface area contributed by atoms with Gasteiger partial charge >= 0.3 is 0 Å². The molecular weight excluding hydrogens is 238 g/mol. The van der Waals surface area contributed by atoms with Gasteiger partial charge in [0.2, 0.25) is 5.91 Å². The van der Waals surface area contributed by atoms with E-state index in [-0.39, 0.29) is 17.9 Å². The highest BCUT2D eigenvalue weighted by molar-refractivity contribution is 5.79. The summed E-state index contributed by atoms with van der Waals surface area (Å²) < 4.78 is 5.43. The van der Waals surface area contributed by atoms with Gasteiger partial charge in [-0.25, -0.2) is 0 Å². The molecular formula is C16H33NO2. The molecule has 0 aliphatic heterocycles. The number of carbonyl (C=O) groups excluding carboxylic acids is 1. The summed E-state index contributed by atoms with van der Waals surface area (Å²) in [5.41, 5.74) is 0. The van der Waals surface area contributed by atoms with Crippen LogP contribution in [-0.2, 0) is 9.53 Å². The summed E-state index contributed by atoms with van der Waals surface area (Å²) in [6.07, 6.45) is 2.09. The van der Waals surface area contributed by atoms with Gasteiger partial charge in [0.15, 0.2) is 0 Å². The van der Waals surface area contributed by atoms with E-state index >= 15 is 0 Å². The third-order valence-corrected chi connectivity index (χ3v) is 4.34. The van der Waals surface area contributed by atoms with Crippen LogP contribution in [0.4, 0.5) is 0 Å². The van der Waals surface area contributed by atoms with E-state index in [1.165, 1.54) is 0 Å². The van der Waals surface area contributed by atoms with Crippen molar-refractivity contribution in [2.75, 3.05) is 20.2 Å². The highest BCUT2D eigenvalue weighted by atomic mass is 16.5. The molecule has 0 N–H and O–H groups in total. The number of rotatable bonds is 9. The number of amides is 1. The average molecular weight is 271 g/mol. The molecule has 114 valence electrons. The van der Waals surface area contributed by atoms with Crippen LogP contribution in [0.25, 0.3) is 0 Å². The highest BCUT2D eigenvalue weighted by Crippen LogP contribution is 2.24. The second-order valence-electron chi connectivity index (χ2n) is 5.74. The van der Waals surface area contributed by atoms with Crippen LogP contribution in [0, 0.1) is 17.8 Å². The van der Waals surface area contributed by atoms with E-state index in [4.69, 9.17) is 4.74 Å². The molecule has 0 aliphatic rings. The third-order valence-electron chi connectivity index (χ3n) is 4.34. The van der Waals surface area contributed by atoms with Gasteiger partial charge in [0.05, 0.1) is 12.0 Å². The summed E-state index contributed by atoms with van der Waals surface area (Å²) in [5.74, 6) is 1.14. The van der Waals surface area contributed by atoms with Crippen LogP contribution in [0.2, 0.25) is 0 Å². The first-order valence-corrected chi connectivity index (χ1v) is 7.74. The number of carbonyl (C=O) groups is 1. The van der Waals surface area contributed by atoms with Gasteiger partial charge in [0, 0.05) is 20.2 Å². The lowest BCUT2D eigenvalue weighted by molar-refractivity contribution is -0.142. The Morgan fingerprint density at radius 1 is 1.11 bits per heavy atom. The Kier molecular flexibility index (Phi) is 9.07. The molecule has 3 heteroatoms. The quantitative estimate of drug-likeness (QED) is 0.641. The summed E-state index contributed by atoms with van der Waals surface area (Å²) in [5, 5.41) is 0. The zero-order valence-corrected chi connectivity index (χ0v) is 13.9. The Hall–Kier alpha value is -0.570. The maximum atomic E-state index is 12.8. The smallest absolute Gasteiger partial charge is 0.228 e. The molecule has 1 amide bonds. The van der Waals surface area contributed by atoms with Crippen molar-refractivity contribution in [1.29, 1.82) is 0 Å². The molecule has 0 heterocycles. The van der Waals surface area contributed by atoms with Crippen LogP contribution in [0.15, 0.2) is 0 Å². The Bertz CT molecular complexity index is 245. The van der Waals surface area contributed by atoms with E-state index in [1.54, 1.807) is 7.11 Å². The van der Waals surface area contributed by atoms with E-state index in [0.717, 1.165) is 25.9 Å². The first-order chi connectivity index (χ1) is 8.92. The zero-order chi connectivity index (χ0) is 15.0. The standard InChI is InChI=1S/C16H33NO2/c1-8-12(4)11-17(10-3)16(18)15(13(5)9-2)14(6)19-7/h12-15H,8-11H2,1-7H3. The van der Waals surface area contributed by atoms with Gasteiger partial charge in [0.25, 0.3) is 0 Å². The van der Waals surface area contributed by atoms with Crippen LogP contribution in [0.1, 0.15) is 54.4 Å². The van der Waals surface area contributed by atoms with Gasteiger partial charge in [0.1, 0.15) is 0 Å². The number of ether oxygens (including phenoxy) is 1. The lowest BCUT2D eigenvalue weighted by Gasteiger charge is -2.33. The normalized spacial score (nSPS) is 17.6. The summed E-state index contributed by atoms with van der Waals surface area (Å²) >= 11 is 0. The molecule has 0 saturated carbocycles. The van der Waals surface area contributed by atoms with Crippen LogP contribution in [0.5, 0.6) is 0 Å². The van der Waals surface area contributed by atoms with Crippen molar-refractivity contribution in [3.8, 4) is 0 Å². The van der Waals surface area contributed by atoms with Crippen LogP contribution >= 0.6 is 0 Å². The van der Waals surface area contributed by atoms with Gasteiger partial charge in [-0.15, -0.1) is 0 Å². The summed E-state index contributed by atoms with van der Waals surface area (Å²) in [6.45, 7) is 14.4. The van der Waals surface area contributed by atoms with E-state index in [0.29, 0.717) is 11.8 Å². The van der Waals surface area contributed by atoms with E-state index in [1.807, 2.05) is 11.8 Å². The fourth-order valence-corrected chi connectivity index (χ4v) is 2.40. The van der Waals surface area contributed by atoms with E-state index < -0.39 is 0 Å². The molecule has 0 aromatic rings. The molecule has 0 rings (SSSR count). The van der Waals surface area contributed by atoms with E-state index in [9.17, 15) is 4.79 Å². The van der Waals surface area contributed by atoms with Crippen molar-refractivity contribution >= 4 is 5.91 Å². The van der Waals surface area contributed by atoms with Crippen LogP contribution in [-0.4, -0.2) is 37.1 Å². The van der Waals surface area contributed by atoms with Crippen molar-refractivity contribution in [3.63, 3.8) is 0 Å². The van der Waals surface area contributed by atoms with Crippen LogP contribution in [0.3, 0.4) is 0 Å². The number of nitrogens with zero attached hydrogens (tertiary/aromatic N) is 1. The molecule has 19 heavy (non-hydrogen) atoms. The van der Waals surface area contributed by atoms with Crippen molar-refractivity contribution in [1.82, 2.24) is 4.90 Å². The molecule has 0 aromatic carbocycles. The van der Waals surface area contributed by atoms with Crippen molar-refractivity contribution < 1.29 is 9.53 Å². The minimum atomic E-state index is -0.0287. The fraction of sp³-hybridized carbons (Fsp3) is 0.938. The molecule has 0 saturated heterocycles. The van der Waals surface area contributed by atoms with Crippen molar-refractivity contribution in [3.05, 3.63) is 0 Å². The van der Waals surface area contributed by atoms with Crippen molar-refractivity contribution in [2.24, 2.45) is 17.8 Å². The SMILES string of the molecule is CCC(C)CN(CC)C(=O)C(C(C)CC)C(C)OC. The number of methoxy groups -OCH3 is 1. The van der Waals surface area contributed by atoms with Gasteiger partial charge < -0.3 is 9.64 Å². The monoisotopic (exact) mass is 271 g/mol.